The molecule has 0 aliphatic carbocycles. The molecular formula is C11H10ClFO2. The van der Waals surface area contributed by atoms with Crippen LogP contribution in [-0.2, 0) is 16.0 Å². The Bertz CT molecular complexity index is 359. The Morgan fingerprint density at radius 3 is 2.53 bits per heavy atom. The van der Waals surface area contributed by atoms with E-state index < -0.39 is 5.97 Å². The minimum atomic E-state index is -0.414. The highest BCUT2D eigenvalue weighted by atomic mass is 35.5. The molecule has 0 aromatic heterocycles. The first kappa shape index (κ1) is 11.7. The topological polar surface area (TPSA) is 26.3 Å². The fourth-order valence-electron chi connectivity index (χ4n) is 0.979. The van der Waals surface area contributed by atoms with Crippen molar-refractivity contribution in [2.24, 2.45) is 0 Å². The van der Waals surface area contributed by atoms with Gasteiger partial charge in [-0.05, 0) is 17.7 Å². The molecular weight excluding hydrogens is 219 g/mol. The van der Waals surface area contributed by atoms with Crippen LogP contribution in [0.1, 0.15) is 5.56 Å². The van der Waals surface area contributed by atoms with E-state index in [1.807, 2.05) is 0 Å². The third-order valence-corrected chi connectivity index (χ3v) is 1.76. The Morgan fingerprint density at radius 2 is 2.00 bits per heavy atom. The van der Waals surface area contributed by atoms with E-state index in [0.717, 1.165) is 0 Å². The Labute approximate surface area is 92.3 Å². The van der Waals surface area contributed by atoms with Crippen LogP contribution in [-0.4, -0.2) is 12.6 Å². The van der Waals surface area contributed by atoms with Gasteiger partial charge in [0.05, 0.1) is 6.42 Å². The van der Waals surface area contributed by atoms with E-state index in [4.69, 9.17) is 16.3 Å². The lowest BCUT2D eigenvalue weighted by Gasteiger charge is -2.03. The van der Waals surface area contributed by atoms with Crippen molar-refractivity contribution in [2.75, 3.05) is 6.61 Å². The minimum absolute atomic E-state index is 0.00157. The summed E-state index contributed by atoms with van der Waals surface area (Å²) >= 11 is 5.42. The number of hydrogen-bond donors (Lipinski definition) is 0. The van der Waals surface area contributed by atoms with Crippen LogP contribution in [0.4, 0.5) is 4.39 Å². The van der Waals surface area contributed by atoms with Crippen molar-refractivity contribution in [3.05, 3.63) is 47.3 Å². The lowest BCUT2D eigenvalue weighted by molar-refractivity contribution is -0.141. The van der Waals surface area contributed by atoms with E-state index in [2.05, 4.69) is 6.58 Å². The average molecular weight is 229 g/mol. The Kier molecular flexibility index (Phi) is 4.31. The molecule has 2 nitrogen and oxygen atoms in total. The second-order valence-corrected chi connectivity index (χ2v) is 3.52. The summed E-state index contributed by atoms with van der Waals surface area (Å²) in [6.07, 6.45) is 0.102. The molecule has 80 valence electrons. The molecule has 0 saturated carbocycles. The summed E-state index contributed by atoms with van der Waals surface area (Å²) in [7, 11) is 0. The van der Waals surface area contributed by atoms with Crippen LogP contribution in [0, 0.1) is 5.82 Å². The van der Waals surface area contributed by atoms with Crippen molar-refractivity contribution in [3.63, 3.8) is 0 Å². The van der Waals surface area contributed by atoms with Crippen molar-refractivity contribution < 1.29 is 13.9 Å². The lowest BCUT2D eigenvalue weighted by atomic mass is 10.1. The van der Waals surface area contributed by atoms with Crippen LogP contribution in [0.3, 0.4) is 0 Å². The molecule has 0 spiro atoms. The minimum Gasteiger partial charge on any atom is -0.460 e. The van der Waals surface area contributed by atoms with Crippen molar-refractivity contribution in [3.8, 4) is 0 Å². The highest BCUT2D eigenvalue weighted by molar-refractivity contribution is 6.29. The molecule has 1 aromatic rings. The summed E-state index contributed by atoms with van der Waals surface area (Å²) in [5.41, 5.74) is 0.696. The molecule has 1 aromatic carbocycles. The molecule has 0 saturated heterocycles. The third kappa shape index (κ3) is 4.61. The molecule has 4 heteroatoms. The van der Waals surface area contributed by atoms with Gasteiger partial charge in [-0.1, -0.05) is 30.3 Å². The van der Waals surface area contributed by atoms with Crippen LogP contribution >= 0.6 is 11.6 Å². The summed E-state index contributed by atoms with van der Waals surface area (Å²) in [5, 5.41) is 0.266. The van der Waals surface area contributed by atoms with Gasteiger partial charge in [0.25, 0.3) is 0 Å². The van der Waals surface area contributed by atoms with Crippen LogP contribution in [0.2, 0.25) is 0 Å². The number of ether oxygens (including phenoxy) is 1. The van der Waals surface area contributed by atoms with Crippen molar-refractivity contribution in [1.82, 2.24) is 0 Å². The van der Waals surface area contributed by atoms with Gasteiger partial charge in [0, 0.05) is 5.03 Å². The third-order valence-electron chi connectivity index (χ3n) is 1.65. The molecule has 0 heterocycles. The Morgan fingerprint density at radius 1 is 1.40 bits per heavy atom. The molecule has 0 bridgehead atoms. The number of carbonyl (C=O) groups is 1. The zero-order chi connectivity index (χ0) is 11.3. The number of esters is 1. The van der Waals surface area contributed by atoms with Gasteiger partial charge in [-0.2, -0.15) is 0 Å². The molecule has 0 radical (unpaired) electrons. The maximum atomic E-state index is 12.5. The molecule has 1 rings (SSSR count). The van der Waals surface area contributed by atoms with E-state index in [1.165, 1.54) is 24.3 Å². The first-order valence-corrected chi connectivity index (χ1v) is 4.69. The van der Waals surface area contributed by atoms with Gasteiger partial charge in [0.15, 0.2) is 0 Å². The van der Waals surface area contributed by atoms with Crippen LogP contribution in [0.25, 0.3) is 0 Å². The molecule has 0 aliphatic rings. The van der Waals surface area contributed by atoms with Gasteiger partial charge in [-0.15, -0.1) is 0 Å². The van der Waals surface area contributed by atoms with E-state index in [9.17, 15) is 9.18 Å². The van der Waals surface area contributed by atoms with Gasteiger partial charge >= 0.3 is 5.97 Å². The second-order valence-electron chi connectivity index (χ2n) is 2.98. The number of rotatable bonds is 4. The average Bonchev–Trinajstić information content (AvgIpc) is 2.19. The highest BCUT2D eigenvalue weighted by Gasteiger charge is 2.04. The van der Waals surface area contributed by atoms with Crippen LogP contribution in [0.5, 0.6) is 0 Å². The summed E-state index contributed by atoms with van der Waals surface area (Å²) in [4.78, 5) is 11.2. The molecule has 0 aliphatic heterocycles. The predicted octanol–water partition coefficient (Wildman–Crippen LogP) is 2.66. The van der Waals surface area contributed by atoms with Crippen molar-refractivity contribution in [2.45, 2.75) is 6.42 Å². The molecule has 0 atom stereocenters. The maximum absolute atomic E-state index is 12.5. The summed E-state index contributed by atoms with van der Waals surface area (Å²) in [5.74, 6) is -0.746. The van der Waals surface area contributed by atoms with Gasteiger partial charge in [-0.25, -0.2) is 4.39 Å². The summed E-state index contributed by atoms with van der Waals surface area (Å²) in [6.45, 7) is 3.39. The van der Waals surface area contributed by atoms with E-state index in [-0.39, 0.29) is 23.9 Å². The highest BCUT2D eigenvalue weighted by Crippen LogP contribution is 2.05. The SMILES string of the molecule is C=C(Cl)COC(=O)Cc1ccc(F)cc1. The normalized spacial score (nSPS) is 9.73. The van der Waals surface area contributed by atoms with E-state index >= 15 is 0 Å². The molecule has 0 N–H and O–H groups in total. The summed E-state index contributed by atoms with van der Waals surface area (Å²) < 4.78 is 17.3. The fourth-order valence-corrected chi connectivity index (χ4v) is 1.03. The monoisotopic (exact) mass is 228 g/mol. The fraction of sp³-hybridized carbons (Fsp3) is 0.182. The van der Waals surface area contributed by atoms with Gasteiger partial charge in [0.2, 0.25) is 0 Å². The number of halogens is 2. The zero-order valence-corrected chi connectivity index (χ0v) is 8.76. The second kappa shape index (κ2) is 5.51. The smallest absolute Gasteiger partial charge is 0.310 e. The van der Waals surface area contributed by atoms with Crippen molar-refractivity contribution >= 4 is 17.6 Å². The quantitative estimate of drug-likeness (QED) is 0.741. The summed E-state index contributed by atoms with van der Waals surface area (Å²) in [6, 6.07) is 5.66. The largest absolute Gasteiger partial charge is 0.460 e. The Hall–Kier alpha value is -1.35. The van der Waals surface area contributed by atoms with Gasteiger partial charge in [0.1, 0.15) is 12.4 Å². The van der Waals surface area contributed by atoms with Crippen molar-refractivity contribution in [1.29, 1.82) is 0 Å². The number of carbonyl (C=O) groups excluding carboxylic acids is 1. The van der Waals surface area contributed by atoms with Crippen LogP contribution < -0.4 is 0 Å². The Balaban J connectivity index is 2.44. The van der Waals surface area contributed by atoms with Gasteiger partial charge < -0.3 is 4.74 Å². The van der Waals surface area contributed by atoms with E-state index in [0.29, 0.717) is 5.56 Å². The predicted molar refractivity (Wildman–Crippen MR) is 56.1 cm³/mol. The first-order chi connectivity index (χ1) is 7.08. The van der Waals surface area contributed by atoms with Crippen LogP contribution in [0.15, 0.2) is 35.9 Å². The number of benzene rings is 1. The maximum Gasteiger partial charge on any atom is 0.310 e. The molecule has 0 unspecified atom stereocenters. The molecule has 0 amide bonds. The van der Waals surface area contributed by atoms with E-state index in [1.54, 1.807) is 0 Å². The molecule has 0 fully saturated rings. The zero-order valence-electron chi connectivity index (χ0n) is 8.00. The first-order valence-electron chi connectivity index (χ1n) is 4.31. The standard InChI is InChI=1S/C11H10ClFO2/c1-8(12)7-15-11(14)6-9-2-4-10(13)5-3-9/h2-5H,1,6-7H2. The molecule has 15 heavy (non-hydrogen) atoms. The number of hydrogen-bond acceptors (Lipinski definition) is 2. The van der Waals surface area contributed by atoms with Gasteiger partial charge in [-0.3, -0.25) is 4.79 Å². The lowest BCUT2D eigenvalue weighted by Crippen LogP contribution is -2.08.